The summed E-state index contributed by atoms with van der Waals surface area (Å²) in [7, 11) is 4.29. The Morgan fingerprint density at radius 2 is 1.33 bits per heavy atom. The highest BCUT2D eigenvalue weighted by Crippen LogP contribution is 2.07. The van der Waals surface area contributed by atoms with Gasteiger partial charge < -0.3 is 9.80 Å². The molecule has 0 aromatic carbocycles. The number of hydrogen-bond donors (Lipinski definition) is 0. The Morgan fingerprint density at radius 1 is 0.867 bits per heavy atom. The van der Waals surface area contributed by atoms with E-state index in [1.165, 1.54) is 45.4 Å². The van der Waals surface area contributed by atoms with Crippen LogP contribution in [-0.4, -0.2) is 50.1 Å². The Balaban J connectivity index is 0. The average Bonchev–Trinajstić information content (AvgIpc) is 2.33. The molecule has 0 aliphatic carbocycles. The van der Waals surface area contributed by atoms with Crippen molar-refractivity contribution in [3.63, 3.8) is 0 Å². The van der Waals surface area contributed by atoms with Crippen LogP contribution in [0.25, 0.3) is 0 Å². The largest absolute Gasteiger partial charge is 0.308 e. The summed E-state index contributed by atoms with van der Waals surface area (Å²) in [5.41, 5.74) is 0. The van der Waals surface area contributed by atoms with Gasteiger partial charge in [0.15, 0.2) is 0 Å². The number of hydrogen-bond acceptors (Lipinski definition) is 2. The van der Waals surface area contributed by atoms with Gasteiger partial charge in [0, 0.05) is 13.1 Å². The van der Waals surface area contributed by atoms with Gasteiger partial charge in [-0.05, 0) is 40.0 Å². The Bertz CT molecular complexity index is 96.7. The zero-order valence-corrected chi connectivity index (χ0v) is 11.8. The number of likely N-dealkylation sites (N-methyl/N-ethyl adjacent to an activating group) is 1. The second kappa shape index (κ2) is 13.9. The fourth-order valence-electron chi connectivity index (χ4n) is 1.52. The molecule has 0 bridgehead atoms. The van der Waals surface area contributed by atoms with Gasteiger partial charge in [0.05, 0.1) is 0 Å². The molecule has 0 unspecified atom stereocenters. The molecule has 0 aromatic heterocycles. The molecule has 0 N–H and O–H groups in total. The summed E-state index contributed by atoms with van der Waals surface area (Å²) in [6, 6.07) is 0. The lowest BCUT2D eigenvalue weighted by atomic mass is 10.1. The van der Waals surface area contributed by atoms with Gasteiger partial charge in [-0.15, -0.1) is 0 Å². The third kappa shape index (κ3) is 11.8. The van der Waals surface area contributed by atoms with E-state index in [1.807, 2.05) is 27.7 Å². The highest BCUT2D eigenvalue weighted by molar-refractivity contribution is 4.64. The minimum absolute atomic E-state index is 1.21. The van der Waals surface area contributed by atoms with E-state index in [2.05, 4.69) is 23.9 Å². The first kappa shape index (κ1) is 17.3. The smallest absolute Gasteiger partial charge is 0.0109 e. The predicted molar refractivity (Wildman–Crippen MR) is 71.5 cm³/mol. The van der Waals surface area contributed by atoms with E-state index < -0.39 is 0 Å². The summed E-state index contributed by atoms with van der Waals surface area (Å²) in [4.78, 5) is 4.83. The van der Waals surface area contributed by atoms with Crippen molar-refractivity contribution in [2.24, 2.45) is 0 Å². The molecule has 1 heterocycles. The molecule has 0 aromatic rings. The standard InChI is InChI=1S/C9H20N2.2C2H6/c1-10(2)8-9-11-6-4-3-5-7-11;2*1-2/h3-9H2,1-2H3;2*1-2H3. The van der Waals surface area contributed by atoms with Crippen LogP contribution < -0.4 is 0 Å². The van der Waals surface area contributed by atoms with Crippen LogP contribution in [0.5, 0.6) is 0 Å². The van der Waals surface area contributed by atoms with Crippen molar-refractivity contribution < 1.29 is 0 Å². The zero-order chi connectivity index (χ0) is 12.1. The maximum atomic E-state index is 2.57. The van der Waals surface area contributed by atoms with Crippen LogP contribution in [0.2, 0.25) is 0 Å². The predicted octanol–water partition coefficient (Wildman–Crippen LogP) is 3.09. The molecule has 15 heavy (non-hydrogen) atoms. The first-order chi connectivity index (χ1) is 7.29. The lowest BCUT2D eigenvalue weighted by Crippen LogP contribution is -2.35. The molecule has 0 atom stereocenters. The van der Waals surface area contributed by atoms with Gasteiger partial charge in [-0.25, -0.2) is 0 Å². The van der Waals surface area contributed by atoms with Crippen molar-refractivity contribution in [3.8, 4) is 0 Å². The van der Waals surface area contributed by atoms with Gasteiger partial charge in [0.2, 0.25) is 0 Å². The summed E-state index contributed by atoms with van der Waals surface area (Å²) in [5.74, 6) is 0. The molecule has 2 nitrogen and oxygen atoms in total. The first-order valence-electron chi connectivity index (χ1n) is 6.66. The molecule has 1 rings (SSSR count). The topological polar surface area (TPSA) is 6.48 Å². The van der Waals surface area contributed by atoms with Crippen molar-refractivity contribution in [1.82, 2.24) is 9.80 Å². The van der Waals surface area contributed by atoms with Crippen LogP contribution in [0.1, 0.15) is 47.0 Å². The van der Waals surface area contributed by atoms with Crippen LogP contribution in [-0.2, 0) is 0 Å². The molecule has 0 amide bonds. The number of rotatable bonds is 3. The molecular formula is C13H32N2. The van der Waals surface area contributed by atoms with Gasteiger partial charge in [-0.3, -0.25) is 0 Å². The molecule has 0 saturated carbocycles. The molecule has 1 aliphatic heterocycles. The Kier molecular flexibility index (Phi) is 16.1. The van der Waals surface area contributed by atoms with E-state index in [4.69, 9.17) is 0 Å². The molecule has 94 valence electrons. The maximum Gasteiger partial charge on any atom is 0.0109 e. The molecule has 0 radical (unpaired) electrons. The molecule has 0 spiro atoms. The van der Waals surface area contributed by atoms with Crippen LogP contribution in [0, 0.1) is 0 Å². The molecular weight excluding hydrogens is 184 g/mol. The van der Waals surface area contributed by atoms with E-state index in [0.29, 0.717) is 0 Å². The second-order valence-corrected chi connectivity index (χ2v) is 3.71. The Morgan fingerprint density at radius 3 is 1.73 bits per heavy atom. The van der Waals surface area contributed by atoms with Crippen molar-refractivity contribution in [1.29, 1.82) is 0 Å². The van der Waals surface area contributed by atoms with Crippen LogP contribution in [0.3, 0.4) is 0 Å². The molecule has 1 aliphatic rings. The van der Waals surface area contributed by atoms with Crippen LogP contribution in [0.15, 0.2) is 0 Å². The first-order valence-corrected chi connectivity index (χ1v) is 6.66. The molecule has 2 heteroatoms. The normalized spacial score (nSPS) is 16.2. The lowest BCUT2D eigenvalue weighted by Gasteiger charge is -2.27. The quantitative estimate of drug-likeness (QED) is 0.715. The van der Waals surface area contributed by atoms with E-state index in [0.717, 1.165) is 0 Å². The lowest BCUT2D eigenvalue weighted by molar-refractivity contribution is 0.207. The zero-order valence-electron chi connectivity index (χ0n) is 11.8. The van der Waals surface area contributed by atoms with E-state index in [1.54, 1.807) is 0 Å². The second-order valence-electron chi connectivity index (χ2n) is 3.71. The van der Waals surface area contributed by atoms with Gasteiger partial charge in [0.1, 0.15) is 0 Å². The van der Waals surface area contributed by atoms with Gasteiger partial charge in [-0.2, -0.15) is 0 Å². The van der Waals surface area contributed by atoms with Gasteiger partial charge >= 0.3 is 0 Å². The molecule has 1 saturated heterocycles. The van der Waals surface area contributed by atoms with E-state index >= 15 is 0 Å². The van der Waals surface area contributed by atoms with Crippen molar-refractivity contribution in [2.75, 3.05) is 40.3 Å². The van der Waals surface area contributed by atoms with Crippen LogP contribution >= 0.6 is 0 Å². The summed E-state index contributed by atoms with van der Waals surface area (Å²) >= 11 is 0. The molecule has 1 fully saturated rings. The Labute approximate surface area is 97.6 Å². The summed E-state index contributed by atoms with van der Waals surface area (Å²) in [5, 5.41) is 0. The van der Waals surface area contributed by atoms with Crippen LogP contribution in [0.4, 0.5) is 0 Å². The fraction of sp³-hybridized carbons (Fsp3) is 1.00. The maximum absolute atomic E-state index is 2.57. The summed E-state index contributed by atoms with van der Waals surface area (Å²) in [6.07, 6.45) is 4.26. The SMILES string of the molecule is CC.CC.CN(C)CCN1CCCCC1. The van der Waals surface area contributed by atoms with Crippen molar-refractivity contribution >= 4 is 0 Å². The average molecular weight is 216 g/mol. The minimum atomic E-state index is 1.21. The monoisotopic (exact) mass is 216 g/mol. The highest BCUT2D eigenvalue weighted by Gasteiger charge is 2.08. The number of piperidine rings is 1. The summed E-state index contributed by atoms with van der Waals surface area (Å²) in [6.45, 7) is 13.1. The summed E-state index contributed by atoms with van der Waals surface area (Å²) < 4.78 is 0. The third-order valence-corrected chi connectivity index (χ3v) is 2.31. The third-order valence-electron chi connectivity index (χ3n) is 2.31. The Hall–Kier alpha value is -0.0800. The van der Waals surface area contributed by atoms with Crippen molar-refractivity contribution in [3.05, 3.63) is 0 Å². The fourth-order valence-corrected chi connectivity index (χ4v) is 1.52. The van der Waals surface area contributed by atoms with E-state index in [-0.39, 0.29) is 0 Å². The number of nitrogens with zero attached hydrogens (tertiary/aromatic N) is 2. The van der Waals surface area contributed by atoms with Gasteiger partial charge in [0.25, 0.3) is 0 Å². The minimum Gasteiger partial charge on any atom is -0.308 e. The highest BCUT2D eigenvalue weighted by atomic mass is 15.2. The van der Waals surface area contributed by atoms with E-state index in [9.17, 15) is 0 Å². The van der Waals surface area contributed by atoms with Gasteiger partial charge in [-0.1, -0.05) is 34.1 Å². The number of likely N-dealkylation sites (tertiary alicyclic amines) is 1. The van der Waals surface area contributed by atoms with Crippen molar-refractivity contribution in [2.45, 2.75) is 47.0 Å².